The Morgan fingerprint density at radius 1 is 1.14 bits per heavy atom. The molecule has 0 saturated carbocycles. The third-order valence-corrected chi connectivity index (χ3v) is 6.69. The number of nitrogens with one attached hydrogen (secondary N) is 1. The van der Waals surface area contributed by atoms with E-state index in [1.807, 2.05) is 24.3 Å². The number of hydrogen-bond donors (Lipinski definition) is 1. The Balaban J connectivity index is 1.54. The molecule has 2 aromatic carbocycles. The minimum Gasteiger partial charge on any atom is -0.497 e. The van der Waals surface area contributed by atoms with Gasteiger partial charge in [-0.2, -0.15) is 4.31 Å². The van der Waals surface area contributed by atoms with Gasteiger partial charge in [-0.05, 0) is 48.7 Å². The van der Waals surface area contributed by atoms with Crippen LogP contribution in [0.4, 0.5) is 0 Å². The molecule has 0 atom stereocenters. The first-order chi connectivity index (χ1) is 14.0. The molecule has 3 rings (SSSR count). The lowest BCUT2D eigenvalue weighted by molar-refractivity contribution is 0.0730. The summed E-state index contributed by atoms with van der Waals surface area (Å²) < 4.78 is 37.3. The molecule has 0 aromatic heterocycles. The Bertz CT molecular complexity index is 922. The summed E-state index contributed by atoms with van der Waals surface area (Å²) in [5, 5.41) is 2.86. The highest BCUT2D eigenvalue weighted by Gasteiger charge is 2.26. The van der Waals surface area contributed by atoms with E-state index in [2.05, 4.69) is 5.32 Å². The summed E-state index contributed by atoms with van der Waals surface area (Å²) in [5.41, 5.74) is 1.50. The fourth-order valence-corrected chi connectivity index (χ4v) is 4.58. The maximum atomic E-state index is 12.8. The zero-order chi connectivity index (χ0) is 20.7. The van der Waals surface area contributed by atoms with Gasteiger partial charge in [-0.15, -0.1) is 0 Å². The molecule has 1 heterocycles. The molecule has 1 aliphatic heterocycles. The van der Waals surface area contributed by atoms with E-state index in [0.717, 1.165) is 18.6 Å². The molecule has 1 aliphatic rings. The zero-order valence-electron chi connectivity index (χ0n) is 16.5. The Kier molecular flexibility index (Phi) is 7.24. The number of hydrogen-bond acceptors (Lipinski definition) is 5. The topological polar surface area (TPSA) is 84.9 Å². The number of methoxy groups -OCH3 is 1. The molecule has 1 saturated heterocycles. The van der Waals surface area contributed by atoms with Gasteiger partial charge in [0.1, 0.15) is 5.75 Å². The Morgan fingerprint density at radius 2 is 1.86 bits per heavy atom. The van der Waals surface area contributed by atoms with Crippen LogP contribution in [0.5, 0.6) is 5.75 Å². The first kappa shape index (κ1) is 21.3. The molecule has 0 radical (unpaired) electrons. The highest BCUT2D eigenvalue weighted by atomic mass is 32.2. The quantitative estimate of drug-likeness (QED) is 0.664. The number of amides is 1. The van der Waals surface area contributed by atoms with E-state index in [1.165, 1.54) is 22.0 Å². The average Bonchev–Trinajstić information content (AvgIpc) is 2.77. The first-order valence-corrected chi connectivity index (χ1v) is 11.0. The van der Waals surface area contributed by atoms with E-state index < -0.39 is 10.0 Å². The van der Waals surface area contributed by atoms with Crippen LogP contribution in [0.1, 0.15) is 22.3 Å². The smallest absolute Gasteiger partial charge is 0.251 e. The number of rotatable bonds is 8. The number of sulfonamides is 1. The van der Waals surface area contributed by atoms with E-state index in [4.69, 9.17) is 9.47 Å². The predicted octanol–water partition coefficient (Wildman–Crippen LogP) is 2.08. The van der Waals surface area contributed by atoms with Gasteiger partial charge in [-0.3, -0.25) is 4.79 Å². The lowest BCUT2D eigenvalue weighted by Gasteiger charge is -2.26. The maximum absolute atomic E-state index is 12.8. The van der Waals surface area contributed by atoms with Crippen molar-refractivity contribution >= 4 is 15.9 Å². The molecule has 1 N–H and O–H groups in total. The van der Waals surface area contributed by atoms with Crippen LogP contribution < -0.4 is 10.1 Å². The minimum absolute atomic E-state index is 0.130. The second kappa shape index (κ2) is 9.87. The Hall–Kier alpha value is -2.42. The van der Waals surface area contributed by atoms with Gasteiger partial charge in [0.15, 0.2) is 0 Å². The van der Waals surface area contributed by atoms with Crippen LogP contribution in [0.15, 0.2) is 53.4 Å². The van der Waals surface area contributed by atoms with Crippen molar-refractivity contribution in [2.45, 2.75) is 17.7 Å². The largest absolute Gasteiger partial charge is 0.497 e. The second-order valence-electron chi connectivity index (χ2n) is 6.75. The van der Waals surface area contributed by atoms with Crippen molar-refractivity contribution in [3.8, 4) is 5.75 Å². The number of benzene rings is 2. The van der Waals surface area contributed by atoms with Gasteiger partial charge in [0.2, 0.25) is 10.0 Å². The van der Waals surface area contributed by atoms with Gasteiger partial charge in [0.05, 0.1) is 25.2 Å². The third kappa shape index (κ3) is 5.56. The van der Waals surface area contributed by atoms with Crippen molar-refractivity contribution in [3.05, 3.63) is 59.7 Å². The maximum Gasteiger partial charge on any atom is 0.251 e. The second-order valence-corrected chi connectivity index (χ2v) is 8.69. The van der Waals surface area contributed by atoms with Crippen LogP contribution in [0.25, 0.3) is 0 Å². The average molecular weight is 419 g/mol. The minimum atomic E-state index is -3.62. The summed E-state index contributed by atoms with van der Waals surface area (Å²) in [7, 11) is -1.99. The van der Waals surface area contributed by atoms with Crippen molar-refractivity contribution in [1.82, 2.24) is 9.62 Å². The Labute approximate surface area is 171 Å². The molecule has 29 heavy (non-hydrogen) atoms. The van der Waals surface area contributed by atoms with E-state index >= 15 is 0 Å². The molecule has 7 nitrogen and oxygen atoms in total. The van der Waals surface area contributed by atoms with E-state index in [0.29, 0.717) is 38.4 Å². The van der Waals surface area contributed by atoms with Gasteiger partial charge in [0.25, 0.3) is 5.91 Å². The Morgan fingerprint density at radius 3 is 2.55 bits per heavy atom. The fraction of sp³-hybridized carbons (Fsp3) is 0.381. The van der Waals surface area contributed by atoms with Crippen LogP contribution >= 0.6 is 0 Å². The van der Waals surface area contributed by atoms with E-state index in [-0.39, 0.29) is 10.8 Å². The van der Waals surface area contributed by atoms with Crippen LogP contribution in [0, 0.1) is 0 Å². The molecule has 156 valence electrons. The molecule has 0 unspecified atom stereocenters. The van der Waals surface area contributed by atoms with Crippen LogP contribution in [0.2, 0.25) is 0 Å². The molecule has 0 bridgehead atoms. The van der Waals surface area contributed by atoms with Crippen molar-refractivity contribution in [3.63, 3.8) is 0 Å². The lowest BCUT2D eigenvalue weighted by atomic mass is 10.1. The van der Waals surface area contributed by atoms with Gasteiger partial charge in [-0.25, -0.2) is 8.42 Å². The summed E-state index contributed by atoms with van der Waals surface area (Å²) in [4.78, 5) is 12.6. The standard InChI is InChI=1S/C21H26N2O5S/c1-27-19-9-7-17(8-10-19)4-3-11-22-21(24)18-5-2-6-20(16-18)29(25,26)23-12-14-28-15-13-23/h2,5-10,16H,3-4,11-15H2,1H3,(H,22,24). The first-order valence-electron chi connectivity index (χ1n) is 9.60. The highest BCUT2D eigenvalue weighted by Crippen LogP contribution is 2.18. The van der Waals surface area contributed by atoms with Crippen LogP contribution in [0.3, 0.4) is 0 Å². The fourth-order valence-electron chi connectivity index (χ4n) is 3.12. The van der Waals surface area contributed by atoms with Gasteiger partial charge < -0.3 is 14.8 Å². The summed E-state index contributed by atoms with van der Waals surface area (Å²) in [5.74, 6) is 0.535. The van der Waals surface area contributed by atoms with Crippen LogP contribution in [-0.4, -0.2) is 58.6 Å². The molecular weight excluding hydrogens is 392 g/mol. The van der Waals surface area contributed by atoms with Crippen LogP contribution in [-0.2, 0) is 21.2 Å². The lowest BCUT2D eigenvalue weighted by Crippen LogP contribution is -2.40. The monoisotopic (exact) mass is 418 g/mol. The van der Waals surface area contributed by atoms with E-state index in [1.54, 1.807) is 19.2 Å². The molecule has 1 amide bonds. The van der Waals surface area contributed by atoms with Crippen molar-refractivity contribution in [2.24, 2.45) is 0 Å². The zero-order valence-corrected chi connectivity index (χ0v) is 17.3. The number of ether oxygens (including phenoxy) is 2. The van der Waals surface area contributed by atoms with Crippen molar-refractivity contribution in [2.75, 3.05) is 40.0 Å². The normalized spacial score (nSPS) is 15.1. The number of aryl methyl sites for hydroxylation is 1. The highest BCUT2D eigenvalue weighted by molar-refractivity contribution is 7.89. The van der Waals surface area contributed by atoms with Crippen molar-refractivity contribution in [1.29, 1.82) is 0 Å². The molecule has 0 aliphatic carbocycles. The van der Waals surface area contributed by atoms with Gasteiger partial charge in [0, 0.05) is 25.2 Å². The molecule has 8 heteroatoms. The number of carbonyl (C=O) groups excluding carboxylic acids is 1. The van der Waals surface area contributed by atoms with E-state index in [9.17, 15) is 13.2 Å². The molecule has 2 aromatic rings. The SMILES string of the molecule is COc1ccc(CCCNC(=O)c2cccc(S(=O)(=O)N3CCOCC3)c2)cc1. The summed E-state index contributed by atoms with van der Waals surface area (Å²) in [6.45, 7) is 1.92. The summed E-state index contributed by atoms with van der Waals surface area (Å²) in [6, 6.07) is 14.0. The number of morpholine rings is 1. The summed E-state index contributed by atoms with van der Waals surface area (Å²) >= 11 is 0. The summed E-state index contributed by atoms with van der Waals surface area (Å²) in [6.07, 6.45) is 1.61. The number of carbonyl (C=O) groups is 1. The van der Waals surface area contributed by atoms with Gasteiger partial charge >= 0.3 is 0 Å². The molecular formula is C21H26N2O5S. The van der Waals surface area contributed by atoms with Crippen molar-refractivity contribution < 1.29 is 22.7 Å². The van der Waals surface area contributed by atoms with Gasteiger partial charge in [-0.1, -0.05) is 18.2 Å². The molecule has 1 fully saturated rings. The third-order valence-electron chi connectivity index (χ3n) is 4.79. The number of nitrogens with zero attached hydrogens (tertiary/aromatic N) is 1. The molecule has 0 spiro atoms. The predicted molar refractivity (Wildman–Crippen MR) is 110 cm³/mol.